The predicted octanol–water partition coefficient (Wildman–Crippen LogP) is 2.06. The number of carbonyl (C=O) groups is 1. The van der Waals surface area contributed by atoms with E-state index in [0.717, 1.165) is 45.1 Å². The summed E-state index contributed by atoms with van der Waals surface area (Å²) in [5.41, 5.74) is 0. The van der Waals surface area contributed by atoms with E-state index in [9.17, 15) is 4.79 Å². The molecule has 2 fully saturated rings. The maximum Gasteiger partial charge on any atom is 0.223 e. The number of nitrogens with zero attached hydrogens (tertiary/aromatic N) is 2. The molecule has 2 heterocycles. The number of ether oxygens (including phenoxy) is 3. The van der Waals surface area contributed by atoms with Gasteiger partial charge in [0.1, 0.15) is 5.82 Å². The molecule has 1 saturated carbocycles. The average molecular weight is 349 g/mol. The first-order chi connectivity index (χ1) is 12.2. The van der Waals surface area contributed by atoms with Crippen LogP contribution in [0.1, 0.15) is 50.3 Å². The monoisotopic (exact) mass is 349 g/mol. The van der Waals surface area contributed by atoms with E-state index in [1.165, 1.54) is 0 Å². The van der Waals surface area contributed by atoms with E-state index in [2.05, 4.69) is 15.3 Å². The van der Waals surface area contributed by atoms with Crippen LogP contribution in [0, 0.1) is 5.92 Å². The molecule has 2 aliphatic rings. The predicted molar refractivity (Wildman–Crippen MR) is 91.8 cm³/mol. The maximum absolute atomic E-state index is 12.8. The fourth-order valence-electron chi connectivity index (χ4n) is 3.70. The zero-order valence-electron chi connectivity index (χ0n) is 15.0. The lowest BCUT2D eigenvalue weighted by Crippen LogP contribution is -2.39. The summed E-state index contributed by atoms with van der Waals surface area (Å²) in [7, 11) is 3.14. The van der Waals surface area contributed by atoms with Crippen molar-refractivity contribution < 1.29 is 19.0 Å². The molecule has 1 N–H and O–H groups in total. The Morgan fingerprint density at radius 2 is 1.88 bits per heavy atom. The van der Waals surface area contributed by atoms with Crippen LogP contribution in [0.4, 0.5) is 0 Å². The summed E-state index contributed by atoms with van der Waals surface area (Å²) in [6.07, 6.45) is 6.12. The minimum Gasteiger partial charge on any atom is -0.481 e. The molecule has 1 aromatic heterocycles. The van der Waals surface area contributed by atoms with Gasteiger partial charge in [0.2, 0.25) is 17.7 Å². The van der Waals surface area contributed by atoms with Crippen molar-refractivity contribution in [2.75, 3.05) is 27.4 Å². The van der Waals surface area contributed by atoms with Gasteiger partial charge in [-0.25, -0.2) is 0 Å². The van der Waals surface area contributed by atoms with E-state index < -0.39 is 0 Å². The zero-order chi connectivity index (χ0) is 17.6. The Labute approximate surface area is 148 Å². The lowest BCUT2D eigenvalue weighted by atomic mass is 9.78. The molecule has 0 radical (unpaired) electrons. The molecule has 1 aliphatic heterocycles. The van der Waals surface area contributed by atoms with Gasteiger partial charge in [-0.15, -0.1) is 0 Å². The van der Waals surface area contributed by atoms with E-state index in [-0.39, 0.29) is 23.8 Å². The molecular formula is C18H27N3O4. The molecule has 7 nitrogen and oxygen atoms in total. The van der Waals surface area contributed by atoms with E-state index >= 15 is 0 Å². The lowest BCUT2D eigenvalue weighted by molar-refractivity contribution is -0.127. The van der Waals surface area contributed by atoms with Crippen LogP contribution in [0.5, 0.6) is 11.8 Å². The molecule has 1 aliphatic carbocycles. The summed E-state index contributed by atoms with van der Waals surface area (Å²) in [6.45, 7) is 1.38. The number of hydrogen-bond donors (Lipinski definition) is 1. The standard InChI is InChI=1S/C18H27N3O4/c1-23-15-10-16(24-2)21-17(20-15)13-7-3-4-8-14(13)18(22)19-11-12-6-5-9-25-12/h10,12-14H,3-9,11H2,1-2H3,(H,19,22)/t12-,13-,14-/m1/s1. The van der Waals surface area contributed by atoms with Crippen molar-refractivity contribution in [3.8, 4) is 11.8 Å². The van der Waals surface area contributed by atoms with Crippen LogP contribution in [0.3, 0.4) is 0 Å². The summed E-state index contributed by atoms with van der Waals surface area (Å²) in [5, 5.41) is 3.07. The molecule has 1 aromatic rings. The van der Waals surface area contributed by atoms with Gasteiger partial charge in [0.05, 0.1) is 26.4 Å². The second kappa shape index (κ2) is 8.47. The zero-order valence-corrected chi connectivity index (χ0v) is 15.0. The van der Waals surface area contributed by atoms with Crippen molar-refractivity contribution in [2.24, 2.45) is 5.92 Å². The van der Waals surface area contributed by atoms with E-state index in [0.29, 0.717) is 24.1 Å². The average Bonchev–Trinajstić information content (AvgIpc) is 3.19. The molecule has 7 heteroatoms. The van der Waals surface area contributed by atoms with Crippen LogP contribution >= 0.6 is 0 Å². The van der Waals surface area contributed by atoms with Crippen molar-refractivity contribution in [3.05, 3.63) is 11.9 Å². The summed E-state index contributed by atoms with van der Waals surface area (Å²) in [4.78, 5) is 21.7. The molecule has 0 bridgehead atoms. The van der Waals surface area contributed by atoms with E-state index in [1.54, 1.807) is 20.3 Å². The number of rotatable bonds is 6. The minimum atomic E-state index is -0.119. The number of amides is 1. The largest absolute Gasteiger partial charge is 0.481 e. The summed E-state index contributed by atoms with van der Waals surface area (Å²) < 4.78 is 16.1. The first-order valence-corrected chi connectivity index (χ1v) is 9.07. The number of aromatic nitrogens is 2. The molecular weight excluding hydrogens is 322 g/mol. The Morgan fingerprint density at radius 1 is 1.16 bits per heavy atom. The van der Waals surface area contributed by atoms with Gasteiger partial charge in [-0.3, -0.25) is 4.79 Å². The van der Waals surface area contributed by atoms with Gasteiger partial charge in [0.25, 0.3) is 0 Å². The molecule has 138 valence electrons. The maximum atomic E-state index is 12.8. The normalized spacial score (nSPS) is 26.2. The van der Waals surface area contributed by atoms with Gasteiger partial charge in [-0.05, 0) is 25.7 Å². The summed E-state index contributed by atoms with van der Waals surface area (Å²) in [6, 6.07) is 1.65. The molecule has 25 heavy (non-hydrogen) atoms. The Kier molecular flexibility index (Phi) is 6.07. The van der Waals surface area contributed by atoms with Crippen LogP contribution in [0.2, 0.25) is 0 Å². The molecule has 0 spiro atoms. The van der Waals surface area contributed by atoms with Crippen molar-refractivity contribution in [1.29, 1.82) is 0 Å². The van der Waals surface area contributed by atoms with Crippen molar-refractivity contribution in [3.63, 3.8) is 0 Å². The van der Waals surface area contributed by atoms with Crippen LogP contribution in [-0.4, -0.2) is 49.4 Å². The van der Waals surface area contributed by atoms with Gasteiger partial charge < -0.3 is 19.5 Å². The van der Waals surface area contributed by atoms with Crippen LogP contribution in [0.15, 0.2) is 6.07 Å². The van der Waals surface area contributed by atoms with Crippen LogP contribution in [-0.2, 0) is 9.53 Å². The number of hydrogen-bond acceptors (Lipinski definition) is 6. The van der Waals surface area contributed by atoms with E-state index in [4.69, 9.17) is 14.2 Å². The van der Waals surface area contributed by atoms with Crippen LogP contribution in [0.25, 0.3) is 0 Å². The first kappa shape index (κ1) is 17.9. The fraction of sp³-hybridized carbons (Fsp3) is 0.722. The van der Waals surface area contributed by atoms with Gasteiger partial charge in [0.15, 0.2) is 0 Å². The second-order valence-electron chi connectivity index (χ2n) is 6.69. The highest BCUT2D eigenvalue weighted by atomic mass is 16.5. The molecule has 0 unspecified atom stereocenters. The third-order valence-electron chi connectivity index (χ3n) is 5.08. The third kappa shape index (κ3) is 4.39. The molecule has 0 aromatic carbocycles. The Balaban J connectivity index is 1.72. The number of carbonyl (C=O) groups excluding carboxylic acids is 1. The Bertz CT molecular complexity index is 567. The van der Waals surface area contributed by atoms with Gasteiger partial charge >= 0.3 is 0 Å². The highest BCUT2D eigenvalue weighted by molar-refractivity contribution is 5.79. The third-order valence-corrected chi connectivity index (χ3v) is 5.08. The molecule has 1 amide bonds. The van der Waals surface area contributed by atoms with Crippen molar-refractivity contribution in [2.45, 2.75) is 50.5 Å². The van der Waals surface area contributed by atoms with Gasteiger partial charge in [-0.2, -0.15) is 9.97 Å². The van der Waals surface area contributed by atoms with Crippen LogP contribution < -0.4 is 14.8 Å². The highest BCUT2D eigenvalue weighted by Gasteiger charge is 2.34. The Hall–Kier alpha value is -1.89. The molecule has 1 saturated heterocycles. The van der Waals surface area contributed by atoms with Crippen molar-refractivity contribution >= 4 is 5.91 Å². The summed E-state index contributed by atoms with van der Waals surface area (Å²) >= 11 is 0. The SMILES string of the molecule is COc1cc(OC)nc([C@@H]2CCCC[C@H]2C(=O)NC[C@H]2CCCO2)n1. The number of methoxy groups -OCH3 is 2. The van der Waals surface area contributed by atoms with Crippen molar-refractivity contribution in [1.82, 2.24) is 15.3 Å². The molecule has 3 rings (SSSR count). The first-order valence-electron chi connectivity index (χ1n) is 9.07. The van der Waals surface area contributed by atoms with Gasteiger partial charge in [0, 0.05) is 25.0 Å². The second-order valence-corrected chi connectivity index (χ2v) is 6.69. The fourth-order valence-corrected chi connectivity index (χ4v) is 3.70. The number of nitrogens with one attached hydrogen (secondary N) is 1. The molecule has 3 atom stereocenters. The van der Waals surface area contributed by atoms with E-state index in [1.807, 2.05) is 0 Å². The topological polar surface area (TPSA) is 82.6 Å². The highest BCUT2D eigenvalue weighted by Crippen LogP contribution is 2.37. The van der Waals surface area contributed by atoms with Gasteiger partial charge in [-0.1, -0.05) is 12.8 Å². The quantitative estimate of drug-likeness (QED) is 0.846. The lowest BCUT2D eigenvalue weighted by Gasteiger charge is -2.30. The smallest absolute Gasteiger partial charge is 0.223 e. The Morgan fingerprint density at radius 3 is 2.52 bits per heavy atom. The summed E-state index contributed by atoms with van der Waals surface area (Å²) in [5.74, 6) is 1.50. The minimum absolute atomic E-state index is 0.0118.